The van der Waals surface area contributed by atoms with Crippen LogP contribution in [0.25, 0.3) is 15.2 Å². The molecule has 0 saturated carbocycles. The molecule has 0 aliphatic carbocycles. The zero-order valence-electron chi connectivity index (χ0n) is 24.5. The summed E-state index contributed by atoms with van der Waals surface area (Å²) in [6, 6.07) is 7.77. The summed E-state index contributed by atoms with van der Waals surface area (Å²) in [6.07, 6.45) is 4.20. The maximum atomic E-state index is 14.5. The van der Waals surface area contributed by atoms with Gasteiger partial charge < -0.3 is 14.4 Å². The van der Waals surface area contributed by atoms with Crippen LogP contribution in [0.15, 0.2) is 46.2 Å². The highest BCUT2D eigenvalue weighted by molar-refractivity contribution is 7.21. The number of amides is 1. The summed E-state index contributed by atoms with van der Waals surface area (Å²) in [5.41, 5.74) is -1.83. The highest BCUT2D eigenvalue weighted by atomic mass is 32.1. The predicted molar refractivity (Wildman–Crippen MR) is 159 cm³/mol. The van der Waals surface area contributed by atoms with Gasteiger partial charge in [0.15, 0.2) is 0 Å². The fourth-order valence-electron chi connectivity index (χ4n) is 5.61. The number of thiophene rings is 1. The van der Waals surface area contributed by atoms with E-state index in [1.165, 1.54) is 41.2 Å². The molecule has 0 spiro atoms. The molecule has 1 amide bonds. The SMILES string of the molecule is COc1ccc(F)cc1C(Cn1c(=O)n(C(C)(C)C(=O)N2CCCC2)c(=O)c2c(C)c(-n3cccn3)sc21)OCCC#N. The van der Waals surface area contributed by atoms with Crippen molar-refractivity contribution < 1.29 is 18.7 Å². The number of aromatic nitrogens is 4. The Hall–Kier alpha value is -4.28. The molecule has 226 valence electrons. The van der Waals surface area contributed by atoms with E-state index in [0.717, 1.165) is 17.4 Å². The Morgan fingerprint density at radius 3 is 2.65 bits per heavy atom. The monoisotopic (exact) mass is 608 g/mol. The maximum Gasteiger partial charge on any atom is 0.333 e. The summed E-state index contributed by atoms with van der Waals surface area (Å²) in [4.78, 5) is 44.4. The topological polar surface area (TPSA) is 124 Å². The first kappa shape index (κ1) is 30.2. The molecule has 1 fully saturated rings. The number of benzene rings is 1. The van der Waals surface area contributed by atoms with Gasteiger partial charge >= 0.3 is 5.69 Å². The second kappa shape index (κ2) is 12.1. The summed E-state index contributed by atoms with van der Waals surface area (Å²) in [5, 5.41) is 14.4. The number of carbonyl (C=O) groups is 1. The molecule has 1 atom stereocenters. The van der Waals surface area contributed by atoms with Gasteiger partial charge in [0.2, 0.25) is 5.91 Å². The third-order valence-electron chi connectivity index (χ3n) is 7.80. The molecule has 0 radical (unpaired) electrons. The molecule has 1 unspecified atom stereocenters. The lowest BCUT2D eigenvalue weighted by molar-refractivity contribution is -0.138. The van der Waals surface area contributed by atoms with Gasteiger partial charge in [-0.25, -0.2) is 18.4 Å². The van der Waals surface area contributed by atoms with Crippen LogP contribution in [0.5, 0.6) is 5.75 Å². The average molecular weight is 609 g/mol. The van der Waals surface area contributed by atoms with Crippen molar-refractivity contribution in [2.24, 2.45) is 0 Å². The highest BCUT2D eigenvalue weighted by Crippen LogP contribution is 2.35. The summed E-state index contributed by atoms with van der Waals surface area (Å²) >= 11 is 1.21. The summed E-state index contributed by atoms with van der Waals surface area (Å²) in [6.45, 7) is 5.93. The molecule has 5 rings (SSSR count). The van der Waals surface area contributed by atoms with E-state index in [4.69, 9.17) is 14.7 Å². The van der Waals surface area contributed by atoms with Crippen LogP contribution < -0.4 is 16.0 Å². The number of fused-ring (bicyclic) bond motifs is 1. The number of nitrogens with zero attached hydrogens (tertiary/aromatic N) is 6. The largest absolute Gasteiger partial charge is 0.496 e. The molecule has 4 heterocycles. The molecule has 4 aromatic rings. The van der Waals surface area contributed by atoms with E-state index in [2.05, 4.69) is 5.10 Å². The van der Waals surface area contributed by atoms with Crippen molar-refractivity contribution in [2.45, 2.75) is 58.2 Å². The molecule has 1 aliphatic rings. The van der Waals surface area contributed by atoms with Crippen molar-refractivity contribution in [3.05, 3.63) is 74.4 Å². The van der Waals surface area contributed by atoms with Gasteiger partial charge in [-0.2, -0.15) is 10.4 Å². The minimum Gasteiger partial charge on any atom is -0.496 e. The lowest BCUT2D eigenvalue weighted by atomic mass is 10.0. The van der Waals surface area contributed by atoms with Crippen LogP contribution >= 0.6 is 11.3 Å². The molecule has 1 saturated heterocycles. The van der Waals surface area contributed by atoms with Gasteiger partial charge in [-0.3, -0.25) is 14.2 Å². The zero-order chi connectivity index (χ0) is 30.9. The predicted octanol–water partition coefficient (Wildman–Crippen LogP) is 3.90. The number of ether oxygens (including phenoxy) is 2. The number of hydrogen-bond donors (Lipinski definition) is 0. The minimum atomic E-state index is -1.50. The van der Waals surface area contributed by atoms with Crippen molar-refractivity contribution in [1.29, 1.82) is 5.26 Å². The third kappa shape index (κ3) is 5.48. The number of nitriles is 1. The number of rotatable bonds is 10. The van der Waals surface area contributed by atoms with Crippen molar-refractivity contribution in [2.75, 3.05) is 26.8 Å². The second-order valence-corrected chi connectivity index (χ2v) is 11.9. The molecule has 11 nitrogen and oxygen atoms in total. The van der Waals surface area contributed by atoms with Gasteiger partial charge in [0.05, 0.1) is 38.1 Å². The minimum absolute atomic E-state index is 0.0132. The number of likely N-dealkylation sites (tertiary alicyclic amines) is 1. The zero-order valence-corrected chi connectivity index (χ0v) is 25.3. The van der Waals surface area contributed by atoms with Crippen LogP contribution in [-0.2, 0) is 21.6 Å². The van der Waals surface area contributed by atoms with Crippen molar-refractivity contribution in [3.63, 3.8) is 0 Å². The number of aryl methyl sites for hydroxylation is 1. The molecule has 13 heteroatoms. The van der Waals surface area contributed by atoms with E-state index in [1.54, 1.807) is 48.8 Å². The Kier molecular flexibility index (Phi) is 8.52. The number of halogens is 1. The lowest BCUT2D eigenvalue weighted by Gasteiger charge is -2.31. The van der Waals surface area contributed by atoms with Crippen molar-refractivity contribution in [1.82, 2.24) is 23.8 Å². The van der Waals surface area contributed by atoms with Gasteiger partial charge in [-0.15, -0.1) is 0 Å². The van der Waals surface area contributed by atoms with Gasteiger partial charge in [0.25, 0.3) is 5.56 Å². The van der Waals surface area contributed by atoms with Crippen LogP contribution in [0.4, 0.5) is 4.39 Å². The van der Waals surface area contributed by atoms with Gasteiger partial charge in [-0.05, 0) is 57.9 Å². The molecular formula is C30H33FN6O5S. The summed E-state index contributed by atoms with van der Waals surface area (Å²) < 4.78 is 30.1. The van der Waals surface area contributed by atoms with E-state index in [0.29, 0.717) is 39.8 Å². The molecule has 3 aromatic heterocycles. The number of carbonyl (C=O) groups excluding carboxylic acids is 1. The van der Waals surface area contributed by atoms with E-state index in [-0.39, 0.29) is 30.9 Å². The quantitative estimate of drug-likeness (QED) is 0.250. The molecule has 1 aliphatic heterocycles. The van der Waals surface area contributed by atoms with Crippen LogP contribution in [-0.4, -0.2) is 56.5 Å². The van der Waals surface area contributed by atoms with E-state index >= 15 is 0 Å². The first-order valence-corrected chi connectivity index (χ1v) is 14.8. The Morgan fingerprint density at radius 2 is 2.00 bits per heavy atom. The van der Waals surface area contributed by atoms with Gasteiger partial charge in [0, 0.05) is 36.6 Å². The van der Waals surface area contributed by atoms with Gasteiger partial charge in [0.1, 0.15) is 33.0 Å². The number of methoxy groups -OCH3 is 1. The Labute approximate surface area is 251 Å². The normalized spacial score (nSPS) is 14.3. The van der Waals surface area contributed by atoms with E-state index < -0.39 is 28.7 Å². The first-order valence-electron chi connectivity index (χ1n) is 14.0. The van der Waals surface area contributed by atoms with Crippen LogP contribution in [0.3, 0.4) is 0 Å². The average Bonchev–Trinajstić information content (AvgIpc) is 3.76. The fourth-order valence-corrected chi connectivity index (χ4v) is 6.85. The van der Waals surface area contributed by atoms with Gasteiger partial charge in [-0.1, -0.05) is 11.3 Å². The van der Waals surface area contributed by atoms with Crippen LogP contribution in [0, 0.1) is 24.1 Å². The van der Waals surface area contributed by atoms with E-state index in [1.807, 2.05) is 6.07 Å². The van der Waals surface area contributed by atoms with Crippen molar-refractivity contribution in [3.8, 4) is 16.8 Å². The standard InChI is InChI=1S/C30H33FN6O5S/c1-19-24-25(38)37(30(2,3)28(39)34-13-5-6-14-34)29(40)35(27(24)43-26(19)36-15-8-12-33-36)18-23(42-16-7-11-32)21-17-20(31)9-10-22(21)41-4/h8-10,12,15,17,23H,5-7,13-14,16,18H2,1-4H3. The van der Waals surface area contributed by atoms with Crippen LogP contribution in [0.2, 0.25) is 0 Å². The smallest absolute Gasteiger partial charge is 0.333 e. The highest BCUT2D eigenvalue weighted by Gasteiger charge is 2.39. The third-order valence-corrected chi connectivity index (χ3v) is 9.10. The summed E-state index contributed by atoms with van der Waals surface area (Å²) in [7, 11) is 1.44. The van der Waals surface area contributed by atoms with Crippen LogP contribution in [0.1, 0.15) is 50.3 Å². The maximum absolute atomic E-state index is 14.5. The first-order chi connectivity index (χ1) is 20.6. The van der Waals surface area contributed by atoms with Crippen molar-refractivity contribution >= 4 is 27.5 Å². The lowest BCUT2D eigenvalue weighted by Crippen LogP contribution is -2.56. The Balaban J connectivity index is 1.76. The summed E-state index contributed by atoms with van der Waals surface area (Å²) in [5.74, 6) is -0.508. The number of hydrogen-bond acceptors (Lipinski definition) is 8. The second-order valence-electron chi connectivity index (χ2n) is 10.9. The molecule has 1 aromatic carbocycles. The van der Waals surface area contributed by atoms with E-state index in [9.17, 15) is 18.8 Å². The Morgan fingerprint density at radius 1 is 1.26 bits per heavy atom. The molecular weight excluding hydrogens is 575 g/mol. The fraction of sp³-hybridized carbons (Fsp3) is 0.433. The molecule has 0 N–H and O–H groups in total. The Bertz CT molecular complexity index is 1810. The molecule has 0 bridgehead atoms. The molecule has 43 heavy (non-hydrogen) atoms.